The highest BCUT2D eigenvalue weighted by molar-refractivity contribution is 7.95. The standard InChI is InChI=1S/C28H19F9P/c29-26(30,31)23-16-19(17-24(27(32,33)34)25(23)28(35,36)37)18-38(20-10-4-1-5-11-20,21-12-6-2-7-13-21)22-14-8-3-9-15-22/h1-17H,18H2/q+1. The van der Waals surface area contributed by atoms with Gasteiger partial charge in [0.25, 0.3) is 0 Å². The molecule has 0 atom stereocenters. The van der Waals surface area contributed by atoms with Gasteiger partial charge in [0.15, 0.2) is 0 Å². The van der Waals surface area contributed by atoms with Crippen molar-refractivity contribution >= 4 is 23.2 Å². The van der Waals surface area contributed by atoms with Crippen LogP contribution in [-0.2, 0) is 24.7 Å². The van der Waals surface area contributed by atoms with Gasteiger partial charge in [-0.2, -0.15) is 39.5 Å². The van der Waals surface area contributed by atoms with Gasteiger partial charge in [0.05, 0.1) is 22.9 Å². The second kappa shape index (κ2) is 10.1. The van der Waals surface area contributed by atoms with Crippen LogP contribution in [0.1, 0.15) is 22.3 Å². The van der Waals surface area contributed by atoms with Gasteiger partial charge in [-0.05, 0) is 54.1 Å². The molecule has 0 aliphatic heterocycles. The lowest BCUT2D eigenvalue weighted by Crippen LogP contribution is -2.33. The molecule has 0 spiro atoms. The van der Waals surface area contributed by atoms with Crippen LogP contribution in [0.4, 0.5) is 39.5 Å². The normalized spacial score (nSPS) is 13.0. The Morgan fingerprint density at radius 2 is 0.763 bits per heavy atom. The molecule has 0 nitrogen and oxygen atoms in total. The van der Waals surface area contributed by atoms with Crippen LogP contribution in [0.15, 0.2) is 103 Å². The lowest BCUT2D eigenvalue weighted by atomic mass is 9.96. The van der Waals surface area contributed by atoms with Gasteiger partial charge in [0, 0.05) is 0 Å². The number of hydrogen-bond acceptors (Lipinski definition) is 0. The van der Waals surface area contributed by atoms with Gasteiger partial charge in [-0.15, -0.1) is 0 Å². The topological polar surface area (TPSA) is 0 Å². The largest absolute Gasteiger partial charge is 0.417 e. The highest BCUT2D eigenvalue weighted by Crippen LogP contribution is 2.59. The third kappa shape index (κ3) is 5.44. The second-order valence-corrected chi connectivity index (χ2v) is 12.0. The van der Waals surface area contributed by atoms with Crippen LogP contribution in [0.5, 0.6) is 0 Å². The molecule has 4 aromatic rings. The number of alkyl halides is 9. The Bertz CT molecular complexity index is 1240. The summed E-state index contributed by atoms with van der Waals surface area (Å²) in [5, 5.41) is 1.96. The first kappa shape index (κ1) is 27.7. The molecule has 0 heterocycles. The summed E-state index contributed by atoms with van der Waals surface area (Å²) in [5.41, 5.74) is -7.95. The van der Waals surface area contributed by atoms with Crippen LogP contribution in [0, 0.1) is 0 Å². The maximum Gasteiger partial charge on any atom is 0.417 e. The van der Waals surface area contributed by atoms with E-state index < -0.39 is 48.0 Å². The van der Waals surface area contributed by atoms with E-state index in [9.17, 15) is 39.5 Å². The maximum atomic E-state index is 13.9. The summed E-state index contributed by atoms with van der Waals surface area (Å²) in [6.45, 7) is 0. The molecular formula is C28H19F9P+. The molecule has 198 valence electrons. The van der Waals surface area contributed by atoms with Crippen molar-refractivity contribution in [2.24, 2.45) is 0 Å². The molecule has 0 aromatic heterocycles. The van der Waals surface area contributed by atoms with Gasteiger partial charge in [-0.1, -0.05) is 54.6 Å². The minimum atomic E-state index is -5.88. The van der Waals surface area contributed by atoms with Crippen molar-refractivity contribution in [2.45, 2.75) is 24.7 Å². The molecule has 0 fully saturated rings. The Labute approximate surface area is 213 Å². The van der Waals surface area contributed by atoms with E-state index in [0.717, 1.165) is 0 Å². The van der Waals surface area contributed by atoms with Crippen LogP contribution in [0.2, 0.25) is 0 Å². The molecule has 0 unspecified atom stereocenters. The fourth-order valence-electron chi connectivity index (χ4n) is 4.59. The van der Waals surface area contributed by atoms with E-state index in [1.807, 2.05) is 0 Å². The maximum absolute atomic E-state index is 13.9. The molecule has 0 saturated heterocycles. The predicted molar refractivity (Wildman–Crippen MR) is 130 cm³/mol. The molecule has 0 saturated carbocycles. The SMILES string of the molecule is FC(F)(F)c1cc(C[P+](c2ccccc2)(c2ccccc2)c2ccccc2)cc(C(F)(F)F)c1C(F)(F)F. The van der Waals surface area contributed by atoms with Crippen molar-refractivity contribution in [1.82, 2.24) is 0 Å². The number of hydrogen-bond donors (Lipinski definition) is 0. The molecule has 4 aromatic carbocycles. The minimum absolute atomic E-state index is 0.210. The van der Waals surface area contributed by atoms with E-state index in [2.05, 4.69) is 0 Å². The summed E-state index contributed by atoms with van der Waals surface area (Å²) >= 11 is 0. The van der Waals surface area contributed by atoms with E-state index in [-0.39, 0.29) is 18.3 Å². The average Bonchev–Trinajstić information content (AvgIpc) is 2.87. The first-order valence-corrected chi connectivity index (χ1v) is 13.2. The van der Waals surface area contributed by atoms with Gasteiger partial charge in [-0.25, -0.2) is 0 Å². The molecule has 0 aliphatic rings. The molecule has 0 radical (unpaired) electrons. The summed E-state index contributed by atoms with van der Waals surface area (Å²) in [4.78, 5) is 0. The van der Waals surface area contributed by atoms with E-state index in [4.69, 9.17) is 0 Å². The fraction of sp³-hybridized carbons (Fsp3) is 0.143. The summed E-state index contributed by atoms with van der Waals surface area (Å²) in [7, 11) is -2.99. The Hall–Kier alpha value is -3.32. The first-order valence-electron chi connectivity index (χ1n) is 11.2. The molecule has 4 rings (SSSR count). The van der Waals surface area contributed by atoms with Crippen LogP contribution in [0.25, 0.3) is 0 Å². The second-order valence-electron chi connectivity index (χ2n) is 8.53. The van der Waals surface area contributed by atoms with E-state index in [0.29, 0.717) is 15.9 Å². The van der Waals surface area contributed by atoms with Gasteiger partial charge < -0.3 is 0 Å². The van der Waals surface area contributed by atoms with Crippen LogP contribution in [-0.4, -0.2) is 0 Å². The Morgan fingerprint density at radius 1 is 0.447 bits per heavy atom. The van der Waals surface area contributed by atoms with Gasteiger partial charge in [-0.3, -0.25) is 0 Å². The van der Waals surface area contributed by atoms with E-state index in [1.165, 1.54) is 0 Å². The quantitative estimate of drug-likeness (QED) is 0.171. The zero-order valence-corrected chi connectivity index (χ0v) is 20.3. The van der Waals surface area contributed by atoms with Crippen molar-refractivity contribution in [3.05, 3.63) is 125 Å². The van der Waals surface area contributed by atoms with E-state index in [1.54, 1.807) is 91.0 Å². The minimum Gasteiger partial charge on any atom is -0.166 e. The summed E-state index contributed by atoms with van der Waals surface area (Å²) in [6, 6.07) is 26.1. The predicted octanol–water partition coefficient (Wildman–Crippen LogP) is 8.24. The van der Waals surface area contributed by atoms with Crippen molar-refractivity contribution in [3.63, 3.8) is 0 Å². The average molecular weight is 557 g/mol. The third-order valence-corrected chi connectivity index (χ3v) is 10.5. The van der Waals surface area contributed by atoms with Gasteiger partial charge >= 0.3 is 18.5 Å². The van der Waals surface area contributed by atoms with Gasteiger partial charge in [0.1, 0.15) is 23.2 Å². The summed E-state index contributed by atoms with van der Waals surface area (Å²) in [5.74, 6) is 0. The Kier molecular flexibility index (Phi) is 7.36. The molecule has 0 N–H and O–H groups in total. The number of benzene rings is 4. The molecule has 0 bridgehead atoms. The Balaban J connectivity index is 2.09. The van der Waals surface area contributed by atoms with Gasteiger partial charge in [0.2, 0.25) is 0 Å². The van der Waals surface area contributed by atoms with Crippen LogP contribution < -0.4 is 15.9 Å². The highest BCUT2D eigenvalue weighted by Gasteiger charge is 2.52. The molecule has 38 heavy (non-hydrogen) atoms. The molecule has 0 aliphatic carbocycles. The van der Waals surface area contributed by atoms with Crippen LogP contribution >= 0.6 is 7.26 Å². The highest BCUT2D eigenvalue weighted by atomic mass is 31.2. The van der Waals surface area contributed by atoms with Crippen LogP contribution in [0.3, 0.4) is 0 Å². The molecular weight excluding hydrogens is 538 g/mol. The summed E-state index contributed by atoms with van der Waals surface area (Å²) < 4.78 is 124. The number of halogens is 9. The summed E-state index contributed by atoms with van der Waals surface area (Å²) in [6.07, 6.45) is -17.6. The smallest absolute Gasteiger partial charge is 0.166 e. The van der Waals surface area contributed by atoms with E-state index >= 15 is 0 Å². The zero-order chi connectivity index (χ0) is 27.8. The van der Waals surface area contributed by atoms with Crippen molar-refractivity contribution < 1.29 is 39.5 Å². The fourth-order valence-corrected chi connectivity index (χ4v) is 8.80. The van der Waals surface area contributed by atoms with Crippen molar-refractivity contribution in [3.8, 4) is 0 Å². The first-order chi connectivity index (χ1) is 17.7. The molecule has 10 heteroatoms. The van der Waals surface area contributed by atoms with Crippen molar-refractivity contribution in [2.75, 3.05) is 0 Å². The monoisotopic (exact) mass is 557 g/mol. The Morgan fingerprint density at radius 3 is 1.03 bits per heavy atom. The number of rotatable bonds is 5. The zero-order valence-electron chi connectivity index (χ0n) is 19.4. The molecule has 0 amide bonds. The lowest BCUT2D eigenvalue weighted by Gasteiger charge is -2.29. The third-order valence-electron chi connectivity index (χ3n) is 6.10. The lowest BCUT2D eigenvalue weighted by molar-refractivity contribution is -0.174. The van der Waals surface area contributed by atoms with Crippen molar-refractivity contribution in [1.29, 1.82) is 0 Å².